The highest BCUT2D eigenvalue weighted by atomic mass is 79.9. The lowest BCUT2D eigenvalue weighted by Crippen LogP contribution is -2.20. The number of nitrogens with zero attached hydrogens (tertiary/aromatic N) is 2. The molecule has 1 fully saturated rings. The van der Waals surface area contributed by atoms with Gasteiger partial charge in [-0.05, 0) is 43.2 Å². The largest absolute Gasteiger partial charge is 0.378 e. The van der Waals surface area contributed by atoms with Crippen LogP contribution >= 0.6 is 15.9 Å². The number of hydrogen-bond acceptors (Lipinski definition) is 3. The first-order valence-corrected chi connectivity index (χ1v) is 7.91. The van der Waals surface area contributed by atoms with Crippen molar-refractivity contribution in [3.05, 3.63) is 52.4 Å². The maximum Gasteiger partial charge on any atom is 0.151 e. The summed E-state index contributed by atoms with van der Waals surface area (Å²) >= 11 is 3.38. The fraction of sp³-hybridized carbons (Fsp3) is 0.312. The maximum absolute atomic E-state index is 13.8. The molecule has 3 rings (SSSR count). The first-order chi connectivity index (χ1) is 10.2. The smallest absolute Gasteiger partial charge is 0.151 e. The first-order valence-electron chi connectivity index (χ1n) is 7.12. The fourth-order valence-corrected chi connectivity index (χ4v) is 2.99. The topological polar surface area (TPSA) is 28.2 Å². The SMILES string of the molecule is Fc1ccc(Br)cc1CNc1cccnc1N1CCCC1. The van der Waals surface area contributed by atoms with Crippen molar-refractivity contribution in [1.29, 1.82) is 0 Å². The van der Waals surface area contributed by atoms with Crippen molar-refractivity contribution in [2.75, 3.05) is 23.3 Å². The van der Waals surface area contributed by atoms with Crippen molar-refractivity contribution >= 4 is 27.4 Å². The molecule has 0 spiro atoms. The Morgan fingerprint density at radius 1 is 1.24 bits per heavy atom. The Hall–Kier alpha value is -1.62. The number of anilines is 2. The molecule has 0 aliphatic carbocycles. The molecule has 5 heteroatoms. The highest BCUT2D eigenvalue weighted by Crippen LogP contribution is 2.27. The maximum atomic E-state index is 13.8. The zero-order valence-electron chi connectivity index (χ0n) is 11.6. The third-order valence-electron chi connectivity index (χ3n) is 3.67. The molecule has 3 nitrogen and oxygen atoms in total. The highest BCUT2D eigenvalue weighted by Gasteiger charge is 2.16. The van der Waals surface area contributed by atoms with Crippen molar-refractivity contribution in [3.63, 3.8) is 0 Å². The second kappa shape index (κ2) is 6.43. The van der Waals surface area contributed by atoms with Crippen molar-refractivity contribution in [3.8, 4) is 0 Å². The lowest BCUT2D eigenvalue weighted by atomic mass is 10.2. The van der Waals surface area contributed by atoms with Gasteiger partial charge < -0.3 is 10.2 Å². The molecule has 0 amide bonds. The van der Waals surface area contributed by atoms with Gasteiger partial charge in [0.15, 0.2) is 5.82 Å². The lowest BCUT2D eigenvalue weighted by Gasteiger charge is -2.20. The summed E-state index contributed by atoms with van der Waals surface area (Å²) in [5.74, 6) is 0.766. The quantitative estimate of drug-likeness (QED) is 0.896. The number of hydrogen-bond donors (Lipinski definition) is 1. The fourth-order valence-electron chi connectivity index (χ4n) is 2.59. The molecule has 0 unspecified atom stereocenters. The molecule has 0 atom stereocenters. The van der Waals surface area contributed by atoms with Gasteiger partial charge in [-0.15, -0.1) is 0 Å². The van der Waals surface area contributed by atoms with Crippen LogP contribution < -0.4 is 10.2 Å². The predicted octanol–water partition coefficient (Wildman–Crippen LogP) is 4.20. The van der Waals surface area contributed by atoms with Crippen molar-refractivity contribution < 1.29 is 4.39 Å². The zero-order chi connectivity index (χ0) is 14.7. The summed E-state index contributed by atoms with van der Waals surface area (Å²) in [6.45, 7) is 2.52. The Morgan fingerprint density at radius 3 is 2.86 bits per heavy atom. The van der Waals surface area contributed by atoms with Gasteiger partial charge in [-0.25, -0.2) is 9.37 Å². The third-order valence-corrected chi connectivity index (χ3v) is 4.16. The van der Waals surface area contributed by atoms with Crippen molar-refractivity contribution in [2.24, 2.45) is 0 Å². The summed E-state index contributed by atoms with van der Waals surface area (Å²) in [4.78, 5) is 6.75. The molecule has 1 aromatic carbocycles. The van der Waals surface area contributed by atoms with E-state index in [1.165, 1.54) is 18.9 Å². The molecule has 2 aromatic rings. The number of halogens is 2. The summed E-state index contributed by atoms with van der Waals surface area (Å²) < 4.78 is 14.7. The van der Waals surface area contributed by atoms with Crippen LogP contribution in [0.5, 0.6) is 0 Å². The van der Waals surface area contributed by atoms with E-state index in [2.05, 4.69) is 31.1 Å². The van der Waals surface area contributed by atoms with Gasteiger partial charge in [-0.2, -0.15) is 0 Å². The molecular formula is C16H17BrFN3. The van der Waals surface area contributed by atoms with Crippen LogP contribution in [-0.4, -0.2) is 18.1 Å². The molecule has 0 bridgehead atoms. The van der Waals surface area contributed by atoms with E-state index < -0.39 is 0 Å². The number of aromatic nitrogens is 1. The molecule has 1 aliphatic rings. The van der Waals surface area contributed by atoms with E-state index >= 15 is 0 Å². The summed E-state index contributed by atoms with van der Waals surface area (Å²) in [6.07, 6.45) is 4.21. The van der Waals surface area contributed by atoms with Gasteiger partial charge in [0, 0.05) is 35.9 Å². The molecule has 1 saturated heterocycles. The van der Waals surface area contributed by atoms with Crippen molar-refractivity contribution in [1.82, 2.24) is 4.98 Å². The van der Waals surface area contributed by atoms with Crippen LogP contribution in [0.1, 0.15) is 18.4 Å². The average Bonchev–Trinajstić information content (AvgIpc) is 3.03. The van der Waals surface area contributed by atoms with Crippen LogP contribution in [0.3, 0.4) is 0 Å². The minimum atomic E-state index is -0.197. The normalized spacial score (nSPS) is 14.5. The van der Waals surface area contributed by atoms with Gasteiger partial charge in [0.2, 0.25) is 0 Å². The Labute approximate surface area is 132 Å². The number of benzene rings is 1. The zero-order valence-corrected chi connectivity index (χ0v) is 13.2. The molecule has 2 heterocycles. The molecular weight excluding hydrogens is 333 g/mol. The van der Waals surface area contributed by atoms with Crippen LogP contribution in [0.25, 0.3) is 0 Å². The number of rotatable bonds is 4. The Morgan fingerprint density at radius 2 is 2.05 bits per heavy atom. The van der Waals surface area contributed by atoms with E-state index in [1.807, 2.05) is 12.1 Å². The van der Waals surface area contributed by atoms with Gasteiger partial charge in [-0.3, -0.25) is 0 Å². The second-order valence-electron chi connectivity index (χ2n) is 5.16. The van der Waals surface area contributed by atoms with E-state index in [1.54, 1.807) is 18.3 Å². The summed E-state index contributed by atoms with van der Waals surface area (Å²) in [7, 11) is 0. The van der Waals surface area contributed by atoms with E-state index in [4.69, 9.17) is 0 Å². The summed E-state index contributed by atoms with van der Waals surface area (Å²) in [5.41, 5.74) is 1.60. The molecule has 1 aliphatic heterocycles. The average molecular weight is 350 g/mol. The third kappa shape index (κ3) is 3.35. The lowest BCUT2D eigenvalue weighted by molar-refractivity contribution is 0.612. The Bertz CT molecular complexity index is 627. The predicted molar refractivity (Wildman–Crippen MR) is 87.1 cm³/mol. The van der Waals surface area contributed by atoms with E-state index in [0.29, 0.717) is 12.1 Å². The highest BCUT2D eigenvalue weighted by molar-refractivity contribution is 9.10. The van der Waals surface area contributed by atoms with Crippen molar-refractivity contribution in [2.45, 2.75) is 19.4 Å². The molecule has 1 aromatic heterocycles. The number of nitrogens with one attached hydrogen (secondary N) is 1. The van der Waals surface area contributed by atoms with E-state index in [0.717, 1.165) is 29.1 Å². The van der Waals surface area contributed by atoms with Crippen LogP contribution in [0.4, 0.5) is 15.9 Å². The minimum Gasteiger partial charge on any atom is -0.378 e. The number of pyridine rings is 1. The molecule has 21 heavy (non-hydrogen) atoms. The first kappa shape index (κ1) is 14.3. The Balaban J connectivity index is 1.77. The van der Waals surface area contributed by atoms with E-state index in [9.17, 15) is 4.39 Å². The standard InChI is InChI=1S/C16H17BrFN3/c17-13-5-6-14(18)12(10-13)11-20-15-4-3-7-19-16(15)21-8-1-2-9-21/h3-7,10,20H,1-2,8-9,11H2. The second-order valence-corrected chi connectivity index (χ2v) is 6.07. The molecule has 0 radical (unpaired) electrons. The van der Waals surface area contributed by atoms with Gasteiger partial charge in [0.1, 0.15) is 5.82 Å². The Kier molecular flexibility index (Phi) is 4.39. The summed E-state index contributed by atoms with van der Waals surface area (Å²) in [5, 5.41) is 3.31. The van der Waals surface area contributed by atoms with Crippen LogP contribution in [0.2, 0.25) is 0 Å². The van der Waals surface area contributed by atoms with Gasteiger partial charge >= 0.3 is 0 Å². The minimum absolute atomic E-state index is 0.197. The van der Waals surface area contributed by atoms with Crippen LogP contribution in [0.15, 0.2) is 41.0 Å². The van der Waals surface area contributed by atoms with Gasteiger partial charge in [-0.1, -0.05) is 15.9 Å². The van der Waals surface area contributed by atoms with E-state index in [-0.39, 0.29) is 5.82 Å². The molecule has 110 valence electrons. The molecule has 0 saturated carbocycles. The molecule has 1 N–H and O–H groups in total. The summed E-state index contributed by atoms with van der Waals surface area (Å²) in [6, 6.07) is 8.88. The van der Waals surface area contributed by atoms with Gasteiger partial charge in [0.25, 0.3) is 0 Å². The van der Waals surface area contributed by atoms with Crippen LogP contribution in [-0.2, 0) is 6.54 Å². The van der Waals surface area contributed by atoms with Gasteiger partial charge in [0.05, 0.1) is 5.69 Å². The van der Waals surface area contributed by atoms with Crippen LogP contribution in [0, 0.1) is 5.82 Å². The monoisotopic (exact) mass is 349 g/mol.